The fourth-order valence-corrected chi connectivity index (χ4v) is 2.13. The van der Waals surface area contributed by atoms with Crippen molar-refractivity contribution < 1.29 is 4.79 Å². The summed E-state index contributed by atoms with van der Waals surface area (Å²) < 4.78 is 0. The van der Waals surface area contributed by atoms with E-state index in [9.17, 15) is 4.79 Å². The number of aromatic nitrogens is 2. The Morgan fingerprint density at radius 1 is 1.47 bits per heavy atom. The Balaban J connectivity index is 2.13. The summed E-state index contributed by atoms with van der Waals surface area (Å²) in [6.07, 6.45) is 0.818. The van der Waals surface area contributed by atoms with Crippen molar-refractivity contribution in [1.82, 2.24) is 15.3 Å². The summed E-state index contributed by atoms with van der Waals surface area (Å²) in [6.45, 7) is 4.62. The summed E-state index contributed by atoms with van der Waals surface area (Å²) in [5.41, 5.74) is 2.66. The predicted molar refractivity (Wildman–Crippen MR) is 77.2 cm³/mol. The predicted octanol–water partition coefficient (Wildman–Crippen LogP) is 2.06. The molecule has 0 fully saturated rings. The first kappa shape index (κ1) is 13.5. The molecule has 19 heavy (non-hydrogen) atoms. The highest BCUT2D eigenvalue weighted by molar-refractivity contribution is 5.94. The SMILES string of the molecule is CCC(CNC)C(=O)Nc1ccc2nc(C)[nH]c2c1. The van der Waals surface area contributed by atoms with Crippen molar-refractivity contribution in [3.05, 3.63) is 24.0 Å². The van der Waals surface area contributed by atoms with Crippen LogP contribution in [0.4, 0.5) is 5.69 Å². The molecule has 5 heteroatoms. The molecule has 0 bridgehead atoms. The molecule has 1 unspecified atom stereocenters. The molecule has 3 N–H and O–H groups in total. The van der Waals surface area contributed by atoms with Gasteiger partial charge in [0.05, 0.1) is 17.0 Å². The van der Waals surface area contributed by atoms with Gasteiger partial charge in [-0.3, -0.25) is 4.79 Å². The van der Waals surface area contributed by atoms with E-state index in [0.717, 1.165) is 29.0 Å². The molecule has 1 aromatic carbocycles. The Morgan fingerprint density at radius 3 is 2.95 bits per heavy atom. The molecule has 0 aliphatic rings. The first-order chi connectivity index (χ1) is 9.13. The van der Waals surface area contributed by atoms with Gasteiger partial charge in [0.2, 0.25) is 5.91 Å². The number of fused-ring (bicyclic) bond motifs is 1. The number of nitrogens with one attached hydrogen (secondary N) is 3. The third-order valence-electron chi connectivity index (χ3n) is 3.18. The van der Waals surface area contributed by atoms with Crippen LogP contribution < -0.4 is 10.6 Å². The first-order valence-electron chi connectivity index (χ1n) is 6.56. The highest BCUT2D eigenvalue weighted by atomic mass is 16.1. The Kier molecular flexibility index (Phi) is 4.16. The van der Waals surface area contributed by atoms with Gasteiger partial charge in [-0.1, -0.05) is 6.92 Å². The van der Waals surface area contributed by atoms with Gasteiger partial charge in [-0.05, 0) is 38.6 Å². The average molecular weight is 260 g/mol. The molecular weight excluding hydrogens is 240 g/mol. The number of aromatic amines is 1. The summed E-state index contributed by atoms with van der Waals surface area (Å²) in [4.78, 5) is 19.6. The highest BCUT2D eigenvalue weighted by Gasteiger charge is 2.15. The normalized spacial score (nSPS) is 12.6. The first-order valence-corrected chi connectivity index (χ1v) is 6.56. The van der Waals surface area contributed by atoms with Crippen molar-refractivity contribution in [3.8, 4) is 0 Å². The topological polar surface area (TPSA) is 69.8 Å². The average Bonchev–Trinajstić information content (AvgIpc) is 2.75. The number of benzene rings is 1. The zero-order valence-electron chi connectivity index (χ0n) is 11.6. The summed E-state index contributed by atoms with van der Waals surface area (Å²) in [5.74, 6) is 0.914. The smallest absolute Gasteiger partial charge is 0.228 e. The van der Waals surface area contributed by atoms with Crippen molar-refractivity contribution in [1.29, 1.82) is 0 Å². The van der Waals surface area contributed by atoms with Crippen LogP contribution in [0.3, 0.4) is 0 Å². The molecule has 0 aliphatic heterocycles. The lowest BCUT2D eigenvalue weighted by molar-refractivity contribution is -0.119. The number of imidazole rings is 1. The summed E-state index contributed by atoms with van der Waals surface area (Å²) in [5, 5.41) is 5.99. The van der Waals surface area contributed by atoms with E-state index in [0.29, 0.717) is 6.54 Å². The van der Waals surface area contributed by atoms with Gasteiger partial charge in [0, 0.05) is 12.2 Å². The highest BCUT2D eigenvalue weighted by Crippen LogP contribution is 2.18. The van der Waals surface area contributed by atoms with Crippen LogP contribution in [0.25, 0.3) is 11.0 Å². The zero-order chi connectivity index (χ0) is 13.8. The molecule has 0 saturated carbocycles. The third kappa shape index (κ3) is 3.12. The Morgan fingerprint density at radius 2 is 2.26 bits per heavy atom. The lowest BCUT2D eigenvalue weighted by Crippen LogP contribution is -2.30. The Labute approximate surface area is 112 Å². The van der Waals surface area contributed by atoms with Crippen molar-refractivity contribution in [3.63, 3.8) is 0 Å². The lowest BCUT2D eigenvalue weighted by Gasteiger charge is -2.14. The maximum absolute atomic E-state index is 12.1. The second kappa shape index (κ2) is 5.84. The van der Waals surface area contributed by atoms with E-state index in [1.165, 1.54) is 0 Å². The summed E-state index contributed by atoms with van der Waals surface area (Å²) in [6, 6.07) is 5.71. The van der Waals surface area contributed by atoms with Gasteiger partial charge in [0.25, 0.3) is 0 Å². The molecule has 0 radical (unpaired) electrons. The van der Waals surface area contributed by atoms with Crippen LogP contribution in [0.2, 0.25) is 0 Å². The molecule has 1 aromatic heterocycles. The van der Waals surface area contributed by atoms with Crippen LogP contribution in [0.5, 0.6) is 0 Å². The van der Waals surface area contributed by atoms with E-state index in [1.807, 2.05) is 39.1 Å². The molecule has 2 aromatic rings. The molecule has 102 valence electrons. The maximum atomic E-state index is 12.1. The van der Waals surface area contributed by atoms with Gasteiger partial charge in [-0.15, -0.1) is 0 Å². The minimum atomic E-state index is -0.0100. The molecule has 5 nitrogen and oxygen atoms in total. The van der Waals surface area contributed by atoms with Crippen LogP contribution >= 0.6 is 0 Å². The minimum absolute atomic E-state index is 0.0100. The number of hydrogen-bond acceptors (Lipinski definition) is 3. The number of carbonyl (C=O) groups excluding carboxylic acids is 1. The molecule has 0 spiro atoms. The van der Waals surface area contributed by atoms with E-state index in [4.69, 9.17) is 0 Å². The van der Waals surface area contributed by atoms with Crippen LogP contribution in [0, 0.1) is 12.8 Å². The van der Waals surface area contributed by atoms with Gasteiger partial charge < -0.3 is 15.6 Å². The number of hydrogen-bond donors (Lipinski definition) is 3. The fraction of sp³-hybridized carbons (Fsp3) is 0.429. The van der Waals surface area contributed by atoms with Gasteiger partial charge in [0.1, 0.15) is 5.82 Å². The van der Waals surface area contributed by atoms with Gasteiger partial charge >= 0.3 is 0 Å². The molecule has 0 aliphatic carbocycles. The molecule has 1 atom stereocenters. The number of anilines is 1. The van der Waals surface area contributed by atoms with E-state index < -0.39 is 0 Å². The van der Waals surface area contributed by atoms with Crippen LogP contribution in [0.1, 0.15) is 19.2 Å². The zero-order valence-corrected chi connectivity index (χ0v) is 11.6. The number of nitrogens with zero attached hydrogens (tertiary/aromatic N) is 1. The molecule has 2 rings (SSSR count). The van der Waals surface area contributed by atoms with Crippen molar-refractivity contribution in [2.24, 2.45) is 5.92 Å². The quantitative estimate of drug-likeness (QED) is 0.770. The second-order valence-electron chi connectivity index (χ2n) is 4.71. The number of amides is 1. The molecule has 1 amide bonds. The largest absolute Gasteiger partial charge is 0.342 e. The lowest BCUT2D eigenvalue weighted by atomic mass is 10.1. The fourth-order valence-electron chi connectivity index (χ4n) is 2.13. The standard InChI is InChI=1S/C14H20N4O/c1-4-10(8-15-3)14(19)18-11-5-6-12-13(7-11)17-9(2)16-12/h5-7,10,15H,4,8H2,1-3H3,(H,16,17)(H,18,19). The molecule has 1 heterocycles. The minimum Gasteiger partial charge on any atom is -0.342 e. The van der Waals surface area contributed by atoms with Crippen molar-refractivity contribution in [2.75, 3.05) is 18.9 Å². The monoisotopic (exact) mass is 260 g/mol. The third-order valence-corrected chi connectivity index (χ3v) is 3.18. The van der Waals surface area contributed by atoms with Gasteiger partial charge in [-0.2, -0.15) is 0 Å². The van der Waals surface area contributed by atoms with E-state index in [-0.39, 0.29) is 11.8 Å². The number of aryl methyl sites for hydroxylation is 1. The van der Waals surface area contributed by atoms with Crippen molar-refractivity contribution >= 4 is 22.6 Å². The van der Waals surface area contributed by atoms with E-state index in [2.05, 4.69) is 20.6 Å². The second-order valence-corrected chi connectivity index (χ2v) is 4.71. The number of carbonyl (C=O) groups is 1. The van der Waals surface area contributed by atoms with Crippen molar-refractivity contribution in [2.45, 2.75) is 20.3 Å². The molecular formula is C14H20N4O. The maximum Gasteiger partial charge on any atom is 0.228 e. The van der Waals surface area contributed by atoms with Gasteiger partial charge in [0.15, 0.2) is 0 Å². The molecule has 0 saturated heterocycles. The number of rotatable bonds is 5. The Bertz CT molecular complexity index is 576. The Hall–Kier alpha value is -1.88. The van der Waals surface area contributed by atoms with Crippen LogP contribution in [-0.4, -0.2) is 29.5 Å². The summed E-state index contributed by atoms with van der Waals surface area (Å²) >= 11 is 0. The van der Waals surface area contributed by atoms with E-state index in [1.54, 1.807) is 0 Å². The summed E-state index contributed by atoms with van der Waals surface area (Å²) in [7, 11) is 1.86. The van der Waals surface area contributed by atoms with Crippen LogP contribution in [-0.2, 0) is 4.79 Å². The van der Waals surface area contributed by atoms with Crippen LogP contribution in [0.15, 0.2) is 18.2 Å². The number of H-pyrrole nitrogens is 1. The van der Waals surface area contributed by atoms with Gasteiger partial charge in [-0.25, -0.2) is 4.98 Å². The van der Waals surface area contributed by atoms with E-state index >= 15 is 0 Å².